The number of hydrogen-bond acceptors (Lipinski definition) is 5. The number of ether oxygens (including phenoxy) is 1. The summed E-state index contributed by atoms with van der Waals surface area (Å²) in [5.74, 6) is 0.700. The molecule has 1 fully saturated rings. The van der Waals surface area contributed by atoms with Gasteiger partial charge in [0.2, 0.25) is 0 Å². The number of benzene rings is 1. The molecule has 30 heavy (non-hydrogen) atoms. The second-order valence-electron chi connectivity index (χ2n) is 7.56. The number of aromatic nitrogens is 2. The van der Waals surface area contributed by atoms with Crippen LogP contribution in [0.3, 0.4) is 0 Å². The molecule has 2 amide bonds. The van der Waals surface area contributed by atoms with Gasteiger partial charge in [0.25, 0.3) is 17.8 Å². The Morgan fingerprint density at radius 3 is 2.83 bits per heavy atom. The average Bonchev–Trinajstić information content (AvgIpc) is 3.35. The summed E-state index contributed by atoms with van der Waals surface area (Å²) in [6.07, 6.45) is 4.59. The standard InChI is InChI=1S/C22H25N5O3/c1-3-4-12-30-16-10-8-15(9-11-16)20(28)24-19-13-14(2)26-27(19)22-23-18-7-5-6-17(18)21(29)25-22/h8-11,13,17H,3-7,12H2,1-2H3,(H,24,28). The quantitative estimate of drug-likeness (QED) is 0.740. The van der Waals surface area contributed by atoms with E-state index in [1.165, 1.54) is 4.68 Å². The van der Waals surface area contributed by atoms with Crippen molar-refractivity contribution >= 4 is 29.3 Å². The Morgan fingerprint density at radius 2 is 2.07 bits per heavy atom. The van der Waals surface area contributed by atoms with E-state index in [1.807, 2.05) is 6.92 Å². The van der Waals surface area contributed by atoms with Crippen molar-refractivity contribution in [2.75, 3.05) is 11.9 Å². The van der Waals surface area contributed by atoms with Gasteiger partial charge in [0.05, 0.1) is 18.2 Å². The zero-order chi connectivity index (χ0) is 21.1. The molecule has 8 nitrogen and oxygen atoms in total. The number of carbonyl (C=O) groups is 2. The lowest BCUT2D eigenvalue weighted by atomic mass is 10.1. The number of anilines is 1. The molecular formula is C22H25N5O3. The van der Waals surface area contributed by atoms with E-state index >= 15 is 0 Å². The van der Waals surface area contributed by atoms with Crippen LogP contribution in [-0.2, 0) is 4.79 Å². The van der Waals surface area contributed by atoms with Gasteiger partial charge in [-0.3, -0.25) is 9.59 Å². The molecule has 1 aliphatic heterocycles. The van der Waals surface area contributed by atoms with Crippen LogP contribution < -0.4 is 10.1 Å². The minimum absolute atomic E-state index is 0.184. The van der Waals surface area contributed by atoms with E-state index in [1.54, 1.807) is 30.3 Å². The Kier molecular flexibility index (Phi) is 5.74. The maximum absolute atomic E-state index is 12.7. The third-order valence-corrected chi connectivity index (χ3v) is 5.23. The van der Waals surface area contributed by atoms with Crippen LogP contribution in [0.25, 0.3) is 0 Å². The van der Waals surface area contributed by atoms with Crippen LogP contribution in [0.4, 0.5) is 5.82 Å². The Morgan fingerprint density at radius 1 is 1.27 bits per heavy atom. The first-order valence-corrected chi connectivity index (χ1v) is 10.4. The van der Waals surface area contributed by atoms with Gasteiger partial charge in [0.1, 0.15) is 11.6 Å². The highest BCUT2D eigenvalue weighted by molar-refractivity contribution is 6.17. The molecule has 1 aromatic carbocycles. The molecule has 1 aromatic heterocycles. The number of aliphatic imine (C=N–C) groups is 2. The topological polar surface area (TPSA) is 97.9 Å². The third-order valence-electron chi connectivity index (χ3n) is 5.23. The minimum Gasteiger partial charge on any atom is -0.494 e. The number of hydrogen-bond donors (Lipinski definition) is 1. The van der Waals surface area contributed by atoms with Crippen LogP contribution in [-0.4, -0.2) is 39.9 Å². The van der Waals surface area contributed by atoms with Gasteiger partial charge in [0.15, 0.2) is 0 Å². The fourth-order valence-electron chi connectivity index (χ4n) is 3.62. The first-order valence-electron chi connectivity index (χ1n) is 10.4. The van der Waals surface area contributed by atoms with Crippen molar-refractivity contribution in [3.05, 3.63) is 41.6 Å². The van der Waals surface area contributed by atoms with E-state index < -0.39 is 0 Å². The maximum Gasteiger partial charge on any atom is 0.257 e. The average molecular weight is 407 g/mol. The van der Waals surface area contributed by atoms with Gasteiger partial charge in [-0.05, 0) is 56.9 Å². The molecule has 1 unspecified atom stereocenters. The number of carbonyl (C=O) groups excluding carboxylic acids is 2. The highest BCUT2D eigenvalue weighted by Crippen LogP contribution is 2.27. The molecule has 156 valence electrons. The lowest BCUT2D eigenvalue weighted by Gasteiger charge is -2.15. The number of nitrogens with one attached hydrogen (secondary N) is 1. The van der Waals surface area contributed by atoms with Crippen molar-refractivity contribution in [2.24, 2.45) is 15.9 Å². The van der Waals surface area contributed by atoms with Crippen molar-refractivity contribution < 1.29 is 14.3 Å². The zero-order valence-corrected chi connectivity index (χ0v) is 17.2. The van der Waals surface area contributed by atoms with Crippen molar-refractivity contribution in [1.82, 2.24) is 9.78 Å². The van der Waals surface area contributed by atoms with Crippen LogP contribution in [0, 0.1) is 12.8 Å². The summed E-state index contributed by atoms with van der Waals surface area (Å²) >= 11 is 0. The van der Waals surface area contributed by atoms with Gasteiger partial charge in [-0.15, -0.1) is 0 Å². The van der Waals surface area contributed by atoms with Crippen molar-refractivity contribution in [3.8, 4) is 5.75 Å². The van der Waals surface area contributed by atoms with Gasteiger partial charge in [-0.2, -0.15) is 14.8 Å². The molecule has 0 radical (unpaired) electrons. The predicted octanol–water partition coefficient (Wildman–Crippen LogP) is 3.61. The maximum atomic E-state index is 12.7. The molecule has 4 rings (SSSR count). The summed E-state index contributed by atoms with van der Waals surface area (Å²) in [7, 11) is 0. The molecule has 8 heteroatoms. The van der Waals surface area contributed by atoms with Crippen LogP contribution in [0.1, 0.15) is 55.1 Å². The largest absolute Gasteiger partial charge is 0.494 e. The number of amides is 2. The SMILES string of the molecule is CCCCOc1ccc(C(=O)Nc2cc(C)nn2C2=NC(=O)C3CCCC3=N2)cc1. The lowest BCUT2D eigenvalue weighted by molar-refractivity contribution is -0.119. The Bertz CT molecular complexity index is 1020. The molecular weight excluding hydrogens is 382 g/mol. The summed E-state index contributed by atoms with van der Waals surface area (Å²) in [5, 5.41) is 7.23. The van der Waals surface area contributed by atoms with Crippen LogP contribution in [0.2, 0.25) is 0 Å². The molecule has 2 aromatic rings. The minimum atomic E-state index is -0.287. The first kappa shape index (κ1) is 20.0. The summed E-state index contributed by atoms with van der Waals surface area (Å²) in [4.78, 5) is 33.7. The number of fused-ring (bicyclic) bond motifs is 1. The molecule has 2 heterocycles. The molecule has 1 aliphatic carbocycles. The molecule has 0 spiro atoms. The number of unbranched alkanes of at least 4 members (excludes halogenated alkanes) is 1. The van der Waals surface area contributed by atoms with Gasteiger partial charge in [-0.1, -0.05) is 13.3 Å². The molecule has 1 atom stereocenters. The number of nitrogens with zero attached hydrogens (tertiary/aromatic N) is 4. The van der Waals surface area contributed by atoms with Gasteiger partial charge in [0, 0.05) is 17.3 Å². The van der Waals surface area contributed by atoms with Crippen molar-refractivity contribution in [2.45, 2.75) is 46.0 Å². The van der Waals surface area contributed by atoms with Gasteiger partial charge >= 0.3 is 0 Å². The van der Waals surface area contributed by atoms with E-state index in [9.17, 15) is 9.59 Å². The van der Waals surface area contributed by atoms with Crippen molar-refractivity contribution in [1.29, 1.82) is 0 Å². The predicted molar refractivity (Wildman–Crippen MR) is 114 cm³/mol. The van der Waals surface area contributed by atoms with E-state index in [0.29, 0.717) is 23.7 Å². The van der Waals surface area contributed by atoms with E-state index in [0.717, 1.165) is 43.6 Å². The fourth-order valence-corrected chi connectivity index (χ4v) is 3.62. The second-order valence-corrected chi connectivity index (χ2v) is 7.56. The molecule has 1 saturated carbocycles. The Hall–Kier alpha value is -3.29. The van der Waals surface area contributed by atoms with E-state index in [4.69, 9.17) is 4.74 Å². The molecule has 1 N–H and O–H groups in total. The summed E-state index contributed by atoms with van der Waals surface area (Å²) in [6, 6.07) is 8.73. The van der Waals surface area contributed by atoms with E-state index in [2.05, 4.69) is 27.3 Å². The number of aryl methyl sites for hydroxylation is 1. The second kappa shape index (κ2) is 8.61. The summed E-state index contributed by atoms with van der Waals surface area (Å²) in [6.45, 7) is 4.58. The van der Waals surface area contributed by atoms with Gasteiger partial charge < -0.3 is 10.1 Å². The smallest absolute Gasteiger partial charge is 0.257 e. The normalized spacial score (nSPS) is 17.9. The Labute approximate surface area is 175 Å². The highest BCUT2D eigenvalue weighted by Gasteiger charge is 2.33. The lowest BCUT2D eigenvalue weighted by Crippen LogP contribution is -2.29. The summed E-state index contributed by atoms with van der Waals surface area (Å²) in [5.41, 5.74) is 2.04. The van der Waals surface area contributed by atoms with Gasteiger partial charge in [-0.25, -0.2) is 4.99 Å². The molecule has 2 aliphatic rings. The third kappa shape index (κ3) is 4.17. The Balaban J connectivity index is 1.51. The van der Waals surface area contributed by atoms with Crippen LogP contribution in [0.15, 0.2) is 40.3 Å². The molecule has 0 saturated heterocycles. The van der Waals surface area contributed by atoms with Crippen LogP contribution >= 0.6 is 0 Å². The summed E-state index contributed by atoms with van der Waals surface area (Å²) < 4.78 is 7.06. The molecule has 0 bridgehead atoms. The fraction of sp³-hybridized carbons (Fsp3) is 0.409. The first-order chi connectivity index (χ1) is 14.5. The van der Waals surface area contributed by atoms with E-state index in [-0.39, 0.29) is 23.7 Å². The van der Waals surface area contributed by atoms with Crippen LogP contribution in [0.5, 0.6) is 5.75 Å². The zero-order valence-electron chi connectivity index (χ0n) is 17.2. The van der Waals surface area contributed by atoms with Crippen molar-refractivity contribution in [3.63, 3.8) is 0 Å². The number of rotatable bonds is 6. The monoisotopic (exact) mass is 407 g/mol. The highest BCUT2D eigenvalue weighted by atomic mass is 16.5.